The largest absolute Gasteiger partial charge is 0.412 e. The van der Waals surface area contributed by atoms with Gasteiger partial charge in [-0.3, -0.25) is 9.78 Å². The Bertz CT molecular complexity index is 1470. The van der Waals surface area contributed by atoms with Gasteiger partial charge in [0.1, 0.15) is 5.75 Å². The van der Waals surface area contributed by atoms with Gasteiger partial charge in [0.15, 0.2) is 11.5 Å². The maximum atomic E-state index is 12.9. The summed E-state index contributed by atoms with van der Waals surface area (Å²) in [5.41, 5.74) is 2.39. The van der Waals surface area contributed by atoms with E-state index in [-0.39, 0.29) is 5.91 Å². The van der Waals surface area contributed by atoms with Crippen LogP contribution in [0.4, 0.5) is 10.6 Å². The van der Waals surface area contributed by atoms with Gasteiger partial charge in [-0.2, -0.15) is 5.10 Å². The van der Waals surface area contributed by atoms with Gasteiger partial charge in [0.25, 0.3) is 5.91 Å². The fourth-order valence-corrected chi connectivity index (χ4v) is 4.73. The van der Waals surface area contributed by atoms with Crippen molar-refractivity contribution in [3.63, 3.8) is 0 Å². The number of aryl methyl sites for hydroxylation is 1. The summed E-state index contributed by atoms with van der Waals surface area (Å²) in [6, 6.07) is 12.2. The predicted octanol–water partition coefficient (Wildman–Crippen LogP) is 6.41. The number of aromatic nitrogens is 4. The van der Waals surface area contributed by atoms with Gasteiger partial charge in [-0.25, -0.2) is 14.5 Å². The van der Waals surface area contributed by atoms with Gasteiger partial charge in [-0.05, 0) is 75.9 Å². The lowest BCUT2D eigenvalue weighted by Gasteiger charge is -2.10. The van der Waals surface area contributed by atoms with Crippen LogP contribution in [0.15, 0.2) is 54.9 Å². The van der Waals surface area contributed by atoms with Gasteiger partial charge < -0.3 is 20.3 Å². The monoisotopic (exact) mass is 591 g/mol. The highest BCUT2D eigenvalue weighted by molar-refractivity contribution is 6.34. The van der Waals surface area contributed by atoms with Crippen LogP contribution in [-0.2, 0) is 6.54 Å². The molecule has 11 heteroatoms. The summed E-state index contributed by atoms with van der Waals surface area (Å²) in [5.74, 6) is 0.502. The van der Waals surface area contributed by atoms with E-state index in [0.717, 1.165) is 37.8 Å². The fraction of sp³-hybridized carbons (Fsp3) is 0.387. The molecule has 0 aliphatic rings. The molecule has 3 heterocycles. The number of pyridine rings is 2. The predicted molar refractivity (Wildman–Crippen MR) is 166 cm³/mol. The van der Waals surface area contributed by atoms with E-state index in [0.29, 0.717) is 52.0 Å². The third kappa shape index (κ3) is 8.50. The summed E-state index contributed by atoms with van der Waals surface area (Å²) in [6.45, 7) is 4.26. The Kier molecular flexibility index (Phi) is 11.2. The van der Waals surface area contributed by atoms with E-state index >= 15 is 0 Å². The molecule has 0 saturated heterocycles. The summed E-state index contributed by atoms with van der Waals surface area (Å²) in [7, 11) is 3.98. The first kappa shape index (κ1) is 30.9. The minimum Gasteiger partial charge on any atom is -0.410 e. The highest BCUT2D eigenvalue weighted by Crippen LogP contribution is 2.33. The quantitative estimate of drug-likeness (QED) is 0.163. The van der Waals surface area contributed by atoms with E-state index in [4.69, 9.17) is 26.4 Å². The molecule has 0 aliphatic carbocycles. The first-order valence-electron chi connectivity index (χ1n) is 14.3. The van der Waals surface area contributed by atoms with Crippen molar-refractivity contribution in [3.8, 4) is 17.0 Å². The number of halogens is 1. The lowest BCUT2D eigenvalue weighted by molar-refractivity contribution is 0.102. The van der Waals surface area contributed by atoms with E-state index < -0.39 is 6.09 Å². The highest BCUT2D eigenvalue weighted by Gasteiger charge is 2.19. The smallest absolute Gasteiger partial charge is 0.410 e. The van der Waals surface area contributed by atoms with Crippen molar-refractivity contribution in [3.05, 3.63) is 65.4 Å². The average Bonchev–Trinajstić information content (AvgIpc) is 3.31. The molecule has 0 aliphatic heterocycles. The van der Waals surface area contributed by atoms with Crippen LogP contribution in [0, 0.1) is 0 Å². The van der Waals surface area contributed by atoms with Crippen LogP contribution < -0.4 is 15.4 Å². The summed E-state index contributed by atoms with van der Waals surface area (Å²) in [6.07, 6.45) is 9.01. The van der Waals surface area contributed by atoms with Gasteiger partial charge in [0.2, 0.25) is 0 Å². The minimum atomic E-state index is -0.497. The van der Waals surface area contributed by atoms with Gasteiger partial charge in [-0.15, -0.1) is 0 Å². The molecule has 42 heavy (non-hydrogen) atoms. The van der Waals surface area contributed by atoms with Gasteiger partial charge in [0, 0.05) is 31.0 Å². The molecule has 4 aromatic rings. The molecule has 0 radical (unpaired) electrons. The lowest BCUT2D eigenvalue weighted by atomic mass is 10.1. The van der Waals surface area contributed by atoms with Gasteiger partial charge in [0.05, 0.1) is 21.7 Å². The molecule has 0 fully saturated rings. The van der Waals surface area contributed by atoms with Crippen molar-refractivity contribution in [1.82, 2.24) is 30.0 Å². The zero-order valence-corrected chi connectivity index (χ0v) is 25.2. The second-order valence-electron chi connectivity index (χ2n) is 10.4. The second-order valence-corrected chi connectivity index (χ2v) is 10.8. The van der Waals surface area contributed by atoms with Crippen molar-refractivity contribution in [1.29, 1.82) is 0 Å². The normalized spacial score (nSPS) is 11.2. The lowest BCUT2D eigenvalue weighted by Crippen LogP contribution is -2.29. The van der Waals surface area contributed by atoms with Crippen molar-refractivity contribution < 1.29 is 14.3 Å². The Balaban J connectivity index is 1.54. The summed E-state index contributed by atoms with van der Waals surface area (Å²) in [4.78, 5) is 36.0. The Morgan fingerprint density at radius 2 is 1.83 bits per heavy atom. The van der Waals surface area contributed by atoms with Gasteiger partial charge >= 0.3 is 6.09 Å². The number of hydrogen-bond acceptors (Lipinski definition) is 7. The summed E-state index contributed by atoms with van der Waals surface area (Å²) < 4.78 is 7.24. The third-order valence-corrected chi connectivity index (χ3v) is 6.98. The molecular weight excluding hydrogens is 554 g/mol. The first-order valence-corrected chi connectivity index (χ1v) is 14.7. The molecule has 222 valence electrons. The Morgan fingerprint density at radius 3 is 2.55 bits per heavy atom. The molecule has 1 aromatic carbocycles. The summed E-state index contributed by atoms with van der Waals surface area (Å²) in [5, 5.41) is 11.4. The number of anilines is 1. The molecule has 3 aromatic heterocycles. The SMILES string of the molecule is CCCCCCCn1nc(NC(=O)c2cccnc2)c2cc(Cl)c(-c3ccc(OC(=O)NCCCN(C)C)cc3)nc21. The number of fused-ring (bicyclic) bond motifs is 1. The number of carbonyl (C=O) groups is 2. The summed E-state index contributed by atoms with van der Waals surface area (Å²) >= 11 is 6.73. The van der Waals surface area contributed by atoms with Crippen LogP contribution in [0.3, 0.4) is 0 Å². The zero-order valence-electron chi connectivity index (χ0n) is 24.4. The highest BCUT2D eigenvalue weighted by atomic mass is 35.5. The molecule has 0 unspecified atom stereocenters. The maximum Gasteiger partial charge on any atom is 0.412 e. The number of amides is 2. The molecule has 4 rings (SSSR count). The van der Waals surface area contributed by atoms with Crippen LogP contribution in [0.2, 0.25) is 5.02 Å². The fourth-order valence-electron chi connectivity index (χ4n) is 4.47. The van der Waals surface area contributed by atoms with Crippen LogP contribution in [0.25, 0.3) is 22.3 Å². The maximum absolute atomic E-state index is 12.9. The van der Waals surface area contributed by atoms with Crippen molar-refractivity contribution in [2.45, 2.75) is 52.0 Å². The molecular formula is C31H38ClN7O3. The minimum absolute atomic E-state index is 0.310. The van der Waals surface area contributed by atoms with Crippen molar-refractivity contribution >= 4 is 40.5 Å². The van der Waals surface area contributed by atoms with Crippen LogP contribution in [0.5, 0.6) is 5.75 Å². The molecule has 0 spiro atoms. The van der Waals surface area contributed by atoms with E-state index in [1.54, 1.807) is 36.5 Å². The Labute approximate surface area is 251 Å². The molecule has 2 amide bonds. The number of carbonyl (C=O) groups excluding carboxylic acids is 2. The first-order chi connectivity index (χ1) is 20.4. The number of unbranched alkanes of at least 4 members (excludes halogenated alkanes) is 4. The second kappa shape index (κ2) is 15.3. The number of nitrogens with zero attached hydrogens (tertiary/aromatic N) is 5. The van der Waals surface area contributed by atoms with Gasteiger partial charge in [-0.1, -0.05) is 44.2 Å². The molecule has 0 atom stereocenters. The van der Waals surface area contributed by atoms with E-state index in [1.165, 1.54) is 19.0 Å². The van der Waals surface area contributed by atoms with E-state index in [9.17, 15) is 9.59 Å². The number of nitrogens with one attached hydrogen (secondary N) is 2. The third-order valence-electron chi connectivity index (χ3n) is 6.70. The average molecular weight is 592 g/mol. The zero-order chi connectivity index (χ0) is 29.9. The molecule has 0 saturated carbocycles. The number of hydrogen-bond donors (Lipinski definition) is 2. The standard InChI is InChI=1S/C31H38ClN7O3/c1-4-5-6-7-8-19-39-29-25(28(37-39)36-30(40)23-11-9-16-33-21-23)20-26(32)27(35-29)22-12-14-24(15-13-22)42-31(41)34-17-10-18-38(2)3/h9,11-16,20-21H,4-8,10,17-19H2,1-3H3,(H,34,41)(H,36,37,40). The van der Waals surface area contributed by atoms with Crippen molar-refractivity contribution in [2.75, 3.05) is 32.5 Å². The molecule has 10 nitrogen and oxygen atoms in total. The Hall–Kier alpha value is -4.02. The number of ether oxygens (including phenoxy) is 1. The topological polar surface area (TPSA) is 114 Å². The van der Waals surface area contributed by atoms with Crippen LogP contribution in [0.1, 0.15) is 55.8 Å². The van der Waals surface area contributed by atoms with E-state index in [2.05, 4.69) is 27.4 Å². The number of rotatable bonds is 14. The van der Waals surface area contributed by atoms with E-state index in [1.807, 2.05) is 30.9 Å². The molecule has 0 bridgehead atoms. The molecule has 2 N–H and O–H groups in total. The van der Waals surface area contributed by atoms with Crippen LogP contribution in [-0.4, -0.2) is 63.8 Å². The van der Waals surface area contributed by atoms with Crippen LogP contribution >= 0.6 is 11.6 Å². The van der Waals surface area contributed by atoms with Crippen molar-refractivity contribution in [2.24, 2.45) is 0 Å². The number of benzene rings is 1. The Morgan fingerprint density at radius 1 is 1.05 bits per heavy atom.